The molecule has 6 heteroatoms. The second kappa shape index (κ2) is 7.54. The van der Waals surface area contributed by atoms with Gasteiger partial charge in [-0.2, -0.15) is 0 Å². The number of ether oxygens (including phenoxy) is 1. The monoisotopic (exact) mass is 383 g/mol. The van der Waals surface area contributed by atoms with Gasteiger partial charge < -0.3 is 20.1 Å². The van der Waals surface area contributed by atoms with Gasteiger partial charge in [0.1, 0.15) is 5.75 Å². The number of hydrogen-bond acceptors (Lipinski definition) is 5. The Morgan fingerprint density at radius 3 is 2.57 bits per heavy atom. The highest BCUT2D eigenvalue weighted by Gasteiger charge is 2.70. The third-order valence-corrected chi connectivity index (χ3v) is 6.18. The van der Waals surface area contributed by atoms with Gasteiger partial charge in [-0.15, -0.1) is 0 Å². The minimum absolute atomic E-state index is 0.0494. The molecule has 1 saturated carbocycles. The van der Waals surface area contributed by atoms with Crippen molar-refractivity contribution in [2.24, 2.45) is 11.3 Å². The summed E-state index contributed by atoms with van der Waals surface area (Å²) in [4.78, 5) is 13.0. The topological polar surface area (TPSA) is 90.2 Å². The second-order valence-corrected chi connectivity index (χ2v) is 7.77. The molecule has 28 heavy (non-hydrogen) atoms. The van der Waals surface area contributed by atoms with Gasteiger partial charge in [-0.1, -0.05) is 48.5 Å². The number of aliphatic hydroxyl groups is 2. The molecule has 3 N–H and O–H groups in total. The molecule has 2 aromatic rings. The second-order valence-electron chi connectivity index (χ2n) is 7.77. The summed E-state index contributed by atoms with van der Waals surface area (Å²) in [5.74, 6) is -0.264. The zero-order valence-corrected chi connectivity index (χ0v) is 15.6. The van der Waals surface area contributed by atoms with Crippen LogP contribution in [0.5, 0.6) is 5.75 Å². The predicted molar refractivity (Wildman–Crippen MR) is 103 cm³/mol. The molecule has 4 atom stereocenters. The zero-order chi connectivity index (χ0) is 19.7. The van der Waals surface area contributed by atoms with Crippen molar-refractivity contribution in [3.63, 3.8) is 0 Å². The molecule has 2 aromatic carbocycles. The Morgan fingerprint density at radius 2 is 1.86 bits per heavy atom. The van der Waals surface area contributed by atoms with Crippen molar-refractivity contribution in [3.8, 4) is 5.75 Å². The Balaban J connectivity index is 1.50. The largest absolute Gasteiger partial charge is 0.482 e. The van der Waals surface area contributed by atoms with Crippen LogP contribution >= 0.6 is 0 Å². The number of rotatable bonds is 7. The standard InChI is InChI=1S/C22H25NO5/c24-12-17-21(15-6-2-1-3-7-15)22(17)14-23(11-19(22)25)10-16-8-4-5-9-18(16)28-13-20(26)27/h1-9,17,19,21,24-25H,10-14H2,(H,26,27)/t17-,19-,21-,22-/m1/s1. The van der Waals surface area contributed by atoms with Crippen LogP contribution in [-0.2, 0) is 11.3 Å². The maximum absolute atomic E-state index is 10.9. The van der Waals surface area contributed by atoms with Crippen LogP contribution in [0.25, 0.3) is 0 Å². The average Bonchev–Trinajstić information content (AvgIpc) is 3.24. The molecule has 148 valence electrons. The molecular weight excluding hydrogens is 358 g/mol. The third-order valence-electron chi connectivity index (χ3n) is 6.18. The highest BCUT2D eigenvalue weighted by Crippen LogP contribution is 2.68. The van der Waals surface area contributed by atoms with E-state index in [0.29, 0.717) is 25.4 Å². The molecule has 0 radical (unpaired) electrons. The molecule has 4 rings (SSSR count). The fourth-order valence-corrected chi connectivity index (χ4v) is 4.94. The first-order chi connectivity index (χ1) is 13.6. The van der Waals surface area contributed by atoms with Gasteiger partial charge in [0.05, 0.1) is 6.10 Å². The van der Waals surface area contributed by atoms with Crippen molar-refractivity contribution in [3.05, 3.63) is 65.7 Å². The van der Waals surface area contributed by atoms with E-state index in [-0.39, 0.29) is 30.5 Å². The summed E-state index contributed by atoms with van der Waals surface area (Å²) in [5.41, 5.74) is 1.73. The highest BCUT2D eigenvalue weighted by molar-refractivity contribution is 5.68. The average molecular weight is 383 g/mol. The normalized spacial score (nSPS) is 29.1. The van der Waals surface area contributed by atoms with Crippen molar-refractivity contribution in [2.75, 3.05) is 26.3 Å². The number of nitrogens with zero attached hydrogens (tertiary/aromatic N) is 1. The van der Waals surface area contributed by atoms with Crippen molar-refractivity contribution in [1.82, 2.24) is 4.90 Å². The Morgan fingerprint density at radius 1 is 1.14 bits per heavy atom. The summed E-state index contributed by atoms with van der Waals surface area (Å²) in [6.45, 7) is 1.45. The fraction of sp³-hybridized carbons (Fsp3) is 0.409. The van der Waals surface area contributed by atoms with Crippen molar-refractivity contribution in [1.29, 1.82) is 0 Å². The summed E-state index contributed by atoms with van der Waals surface area (Å²) >= 11 is 0. The van der Waals surface area contributed by atoms with Crippen molar-refractivity contribution in [2.45, 2.75) is 18.6 Å². The molecule has 2 fully saturated rings. The van der Waals surface area contributed by atoms with Crippen LogP contribution in [0, 0.1) is 11.3 Å². The van der Waals surface area contributed by atoms with E-state index < -0.39 is 12.1 Å². The van der Waals surface area contributed by atoms with E-state index in [0.717, 1.165) is 11.1 Å². The molecule has 6 nitrogen and oxygen atoms in total. The molecule has 0 amide bonds. The van der Waals surface area contributed by atoms with Gasteiger partial charge in [0.25, 0.3) is 0 Å². The minimum atomic E-state index is -1.01. The van der Waals surface area contributed by atoms with E-state index in [2.05, 4.69) is 17.0 Å². The van der Waals surface area contributed by atoms with E-state index in [1.165, 1.54) is 0 Å². The van der Waals surface area contributed by atoms with Gasteiger partial charge in [-0.3, -0.25) is 4.90 Å². The fourth-order valence-electron chi connectivity index (χ4n) is 4.94. The number of β-amino-alcohol motifs (C(OH)–C–C–N with tert-alkyl or cyclic N) is 1. The van der Waals surface area contributed by atoms with Crippen molar-refractivity contribution < 1.29 is 24.9 Å². The van der Waals surface area contributed by atoms with E-state index in [4.69, 9.17) is 9.84 Å². The van der Waals surface area contributed by atoms with Gasteiger partial charge in [0.2, 0.25) is 0 Å². The number of para-hydroxylation sites is 1. The maximum Gasteiger partial charge on any atom is 0.341 e. The quantitative estimate of drug-likeness (QED) is 0.675. The third kappa shape index (κ3) is 3.28. The number of carboxylic acids is 1. The lowest BCUT2D eigenvalue weighted by Crippen LogP contribution is -2.23. The van der Waals surface area contributed by atoms with Crippen molar-refractivity contribution >= 4 is 5.97 Å². The van der Waals surface area contributed by atoms with Crippen LogP contribution in [-0.4, -0.2) is 58.6 Å². The number of carboxylic acid groups (broad SMARTS) is 1. The molecular formula is C22H25NO5. The predicted octanol–water partition coefficient (Wildman–Crippen LogP) is 1.72. The molecule has 1 aliphatic heterocycles. The number of hydrogen-bond donors (Lipinski definition) is 3. The Labute approximate surface area is 164 Å². The molecule has 0 bridgehead atoms. The van der Waals surface area contributed by atoms with E-state index >= 15 is 0 Å². The molecule has 1 spiro atoms. The lowest BCUT2D eigenvalue weighted by atomic mass is 9.95. The highest BCUT2D eigenvalue weighted by atomic mass is 16.5. The summed E-state index contributed by atoms with van der Waals surface area (Å²) in [7, 11) is 0. The summed E-state index contributed by atoms with van der Waals surface area (Å²) < 4.78 is 5.41. The number of benzene rings is 2. The van der Waals surface area contributed by atoms with Gasteiger partial charge in [-0.05, 0) is 23.5 Å². The summed E-state index contributed by atoms with van der Waals surface area (Å²) in [5, 5.41) is 29.7. The number of likely N-dealkylation sites (tertiary alicyclic amines) is 1. The first-order valence-electron chi connectivity index (χ1n) is 9.55. The van der Waals surface area contributed by atoms with Crippen LogP contribution in [0.15, 0.2) is 54.6 Å². The molecule has 1 saturated heterocycles. The van der Waals surface area contributed by atoms with Crippen LogP contribution in [0.4, 0.5) is 0 Å². The van der Waals surface area contributed by atoms with Gasteiger partial charge in [-0.25, -0.2) is 4.79 Å². The molecule has 1 heterocycles. The molecule has 2 aliphatic rings. The van der Waals surface area contributed by atoms with E-state index in [1.54, 1.807) is 6.07 Å². The van der Waals surface area contributed by atoms with Crippen LogP contribution in [0.3, 0.4) is 0 Å². The first kappa shape index (κ1) is 18.9. The van der Waals surface area contributed by atoms with Crippen LogP contribution < -0.4 is 4.74 Å². The number of carbonyl (C=O) groups is 1. The molecule has 0 unspecified atom stereocenters. The van der Waals surface area contributed by atoms with Gasteiger partial charge >= 0.3 is 5.97 Å². The van der Waals surface area contributed by atoms with Gasteiger partial charge in [0.15, 0.2) is 6.61 Å². The maximum atomic E-state index is 10.9. The minimum Gasteiger partial charge on any atom is -0.482 e. The molecule has 1 aliphatic carbocycles. The summed E-state index contributed by atoms with van der Waals surface area (Å²) in [6, 6.07) is 17.5. The Hall–Kier alpha value is -2.41. The van der Waals surface area contributed by atoms with E-state index in [1.807, 2.05) is 36.4 Å². The smallest absolute Gasteiger partial charge is 0.341 e. The number of aliphatic hydroxyl groups excluding tert-OH is 2. The first-order valence-corrected chi connectivity index (χ1v) is 9.55. The van der Waals surface area contributed by atoms with Crippen LogP contribution in [0.1, 0.15) is 17.0 Å². The SMILES string of the molecule is O=C(O)COc1ccccc1CN1C[C@@H](O)[C@@]2(C1)[C@H](CO)[C@H]2c1ccccc1. The van der Waals surface area contributed by atoms with E-state index in [9.17, 15) is 15.0 Å². The van der Waals surface area contributed by atoms with Gasteiger partial charge in [0, 0.05) is 37.2 Å². The lowest BCUT2D eigenvalue weighted by Gasteiger charge is -2.18. The summed E-state index contributed by atoms with van der Waals surface area (Å²) in [6.07, 6.45) is -0.512. The number of aliphatic carboxylic acids is 1. The lowest BCUT2D eigenvalue weighted by molar-refractivity contribution is -0.139. The zero-order valence-electron chi connectivity index (χ0n) is 15.6. The molecule has 0 aromatic heterocycles. The Bertz CT molecular complexity index is 842. The van der Waals surface area contributed by atoms with Crippen LogP contribution in [0.2, 0.25) is 0 Å². The Kier molecular flexibility index (Phi) is 5.10.